The lowest BCUT2D eigenvalue weighted by atomic mass is 9.92. The highest BCUT2D eigenvalue weighted by Gasteiger charge is 2.44. The van der Waals surface area contributed by atoms with Crippen LogP contribution in [0.25, 0.3) is 11.3 Å². The predicted molar refractivity (Wildman–Crippen MR) is 77.8 cm³/mol. The molecule has 7 nitrogen and oxygen atoms in total. The highest BCUT2D eigenvalue weighted by molar-refractivity contribution is 5.94. The number of aliphatic hydroxyl groups is 1. The van der Waals surface area contributed by atoms with Gasteiger partial charge in [0.2, 0.25) is 5.91 Å². The van der Waals surface area contributed by atoms with Crippen molar-refractivity contribution in [3.8, 4) is 11.3 Å². The third kappa shape index (κ3) is 2.39. The molecule has 3 rings (SSSR count). The first-order chi connectivity index (χ1) is 10.5. The van der Waals surface area contributed by atoms with Crippen LogP contribution in [0.4, 0.5) is 0 Å². The molecule has 1 saturated heterocycles. The maximum Gasteiger partial charge on any atom is 0.231 e. The Labute approximate surface area is 126 Å². The van der Waals surface area contributed by atoms with Crippen molar-refractivity contribution in [2.45, 2.75) is 26.1 Å². The van der Waals surface area contributed by atoms with Crippen LogP contribution in [-0.2, 0) is 4.79 Å². The van der Waals surface area contributed by atoms with Crippen molar-refractivity contribution >= 4 is 11.7 Å². The minimum Gasteiger partial charge on any atom is -0.392 e. The molecule has 1 amide bonds. The fourth-order valence-electron chi connectivity index (χ4n) is 2.51. The quantitative estimate of drug-likeness (QED) is 0.642. The molecule has 0 unspecified atom stereocenters. The lowest BCUT2D eigenvalue weighted by Crippen LogP contribution is -2.58. The number of benzene rings is 1. The Morgan fingerprint density at radius 1 is 1.36 bits per heavy atom. The lowest BCUT2D eigenvalue weighted by molar-refractivity contribution is -0.145. The van der Waals surface area contributed by atoms with Gasteiger partial charge in [-0.1, -0.05) is 29.5 Å². The van der Waals surface area contributed by atoms with Crippen LogP contribution < -0.4 is 5.32 Å². The summed E-state index contributed by atoms with van der Waals surface area (Å²) >= 11 is 0. The summed E-state index contributed by atoms with van der Waals surface area (Å²) in [7, 11) is 0. The maximum atomic E-state index is 11.5. The van der Waals surface area contributed by atoms with Gasteiger partial charge < -0.3 is 10.4 Å². The monoisotopic (exact) mass is 300 g/mol. The number of carbonyl (C=O) groups is 2. The van der Waals surface area contributed by atoms with Gasteiger partial charge in [0.1, 0.15) is 17.8 Å². The summed E-state index contributed by atoms with van der Waals surface area (Å²) in [5.41, 5.74) is 2.10. The second-order valence-corrected chi connectivity index (χ2v) is 5.44. The van der Waals surface area contributed by atoms with E-state index in [-0.39, 0.29) is 17.9 Å². The topological polar surface area (TPSA) is 97.1 Å². The van der Waals surface area contributed by atoms with Gasteiger partial charge in [-0.3, -0.25) is 9.59 Å². The van der Waals surface area contributed by atoms with Gasteiger partial charge in [0.05, 0.1) is 12.3 Å². The van der Waals surface area contributed by atoms with E-state index in [1.165, 1.54) is 11.6 Å². The summed E-state index contributed by atoms with van der Waals surface area (Å²) in [4.78, 5) is 22.7. The van der Waals surface area contributed by atoms with E-state index in [1.807, 2.05) is 0 Å². The van der Waals surface area contributed by atoms with Crippen LogP contribution in [0.15, 0.2) is 30.5 Å². The third-order valence-corrected chi connectivity index (χ3v) is 3.84. The number of β-lactam (4-membered cyclic amide) rings is 1. The van der Waals surface area contributed by atoms with E-state index in [9.17, 15) is 14.7 Å². The van der Waals surface area contributed by atoms with Crippen molar-refractivity contribution in [2.75, 3.05) is 0 Å². The van der Waals surface area contributed by atoms with Crippen molar-refractivity contribution < 1.29 is 14.7 Å². The fraction of sp³-hybridized carbons (Fsp3) is 0.333. The third-order valence-electron chi connectivity index (χ3n) is 3.84. The average molecular weight is 300 g/mol. The Balaban J connectivity index is 1.82. The first kappa shape index (κ1) is 14.4. The summed E-state index contributed by atoms with van der Waals surface area (Å²) in [5.74, 6) is -0.704. The molecule has 0 aliphatic carbocycles. The standard InChI is InChI=1S/C15H16N4O3/c1-8(20)10-3-5-11(6-4-10)12-7-19(18-17-12)14-13(9(2)21)15(22)16-14/h3-7,9,13-14,21H,1-2H3,(H,16,22)/t9-,13-,14-/m1/s1. The van der Waals surface area contributed by atoms with Crippen LogP contribution in [0.3, 0.4) is 0 Å². The molecular weight excluding hydrogens is 284 g/mol. The Morgan fingerprint density at radius 2 is 2.05 bits per heavy atom. The van der Waals surface area contributed by atoms with Crippen LogP contribution in [0.2, 0.25) is 0 Å². The fourth-order valence-corrected chi connectivity index (χ4v) is 2.51. The van der Waals surface area contributed by atoms with Crippen LogP contribution in [-0.4, -0.2) is 37.9 Å². The number of ketones is 1. The molecule has 3 atom stereocenters. The van der Waals surface area contributed by atoms with E-state index in [1.54, 1.807) is 37.4 Å². The molecule has 1 fully saturated rings. The molecule has 2 N–H and O–H groups in total. The zero-order chi connectivity index (χ0) is 15.9. The van der Waals surface area contributed by atoms with Crippen LogP contribution >= 0.6 is 0 Å². The van der Waals surface area contributed by atoms with E-state index in [0.717, 1.165) is 5.56 Å². The van der Waals surface area contributed by atoms with Crippen molar-refractivity contribution in [2.24, 2.45) is 5.92 Å². The van der Waals surface area contributed by atoms with E-state index in [4.69, 9.17) is 0 Å². The SMILES string of the molecule is CC(=O)c1ccc(-c2cn([C@H]3NC(=O)[C@@H]3[C@@H](C)O)nn2)cc1. The number of amides is 1. The number of hydrogen-bond donors (Lipinski definition) is 2. The minimum absolute atomic E-state index is 0.00663. The predicted octanol–water partition coefficient (Wildman–Crippen LogP) is 0.773. The number of hydrogen-bond acceptors (Lipinski definition) is 5. The largest absolute Gasteiger partial charge is 0.392 e. The zero-order valence-corrected chi connectivity index (χ0v) is 12.2. The molecule has 1 aromatic heterocycles. The number of nitrogens with zero attached hydrogens (tertiary/aromatic N) is 3. The Hall–Kier alpha value is -2.54. The van der Waals surface area contributed by atoms with Gasteiger partial charge in [0.15, 0.2) is 5.78 Å². The van der Waals surface area contributed by atoms with Crippen molar-refractivity contribution in [3.05, 3.63) is 36.0 Å². The first-order valence-electron chi connectivity index (χ1n) is 6.99. The van der Waals surface area contributed by atoms with Crippen molar-refractivity contribution in [3.63, 3.8) is 0 Å². The highest BCUT2D eigenvalue weighted by Crippen LogP contribution is 2.28. The molecule has 1 aromatic carbocycles. The molecule has 0 bridgehead atoms. The Bertz CT molecular complexity index is 721. The van der Waals surface area contributed by atoms with Crippen molar-refractivity contribution in [1.29, 1.82) is 0 Å². The summed E-state index contributed by atoms with van der Waals surface area (Å²) in [6.45, 7) is 3.09. The molecule has 0 saturated carbocycles. The van der Waals surface area contributed by atoms with Gasteiger partial charge in [-0.05, 0) is 13.8 Å². The summed E-state index contributed by atoms with van der Waals surface area (Å²) in [6.07, 6.45) is 0.578. The first-order valence-corrected chi connectivity index (χ1v) is 6.99. The van der Waals surface area contributed by atoms with Crippen LogP contribution in [0.5, 0.6) is 0 Å². The van der Waals surface area contributed by atoms with Crippen LogP contribution in [0.1, 0.15) is 30.4 Å². The second kappa shape index (κ2) is 5.34. The second-order valence-electron chi connectivity index (χ2n) is 5.44. The number of rotatable bonds is 4. The van der Waals surface area contributed by atoms with E-state index < -0.39 is 12.0 Å². The number of Topliss-reactive ketones (excluding diaryl/α,β-unsaturated/α-hetero) is 1. The molecule has 2 heterocycles. The molecule has 0 radical (unpaired) electrons. The van der Waals surface area contributed by atoms with Gasteiger partial charge >= 0.3 is 0 Å². The zero-order valence-electron chi connectivity index (χ0n) is 12.2. The molecule has 1 aliphatic heterocycles. The van der Waals surface area contributed by atoms with Gasteiger partial charge in [0.25, 0.3) is 0 Å². The van der Waals surface area contributed by atoms with Gasteiger partial charge in [-0.2, -0.15) is 0 Å². The summed E-state index contributed by atoms with van der Waals surface area (Å²) in [6, 6.07) is 7.08. The lowest BCUT2D eigenvalue weighted by Gasteiger charge is -2.37. The Kier molecular flexibility index (Phi) is 3.50. The van der Waals surface area contributed by atoms with E-state index in [0.29, 0.717) is 11.3 Å². The molecule has 0 spiro atoms. The van der Waals surface area contributed by atoms with Gasteiger partial charge in [0, 0.05) is 11.1 Å². The highest BCUT2D eigenvalue weighted by atomic mass is 16.3. The molecule has 7 heteroatoms. The maximum absolute atomic E-state index is 11.5. The average Bonchev–Trinajstić information content (AvgIpc) is 2.93. The molecule has 2 aromatic rings. The molecule has 114 valence electrons. The number of nitrogens with one attached hydrogen (secondary N) is 1. The summed E-state index contributed by atoms with van der Waals surface area (Å²) in [5, 5.41) is 20.4. The van der Waals surface area contributed by atoms with Crippen LogP contribution in [0, 0.1) is 5.92 Å². The number of aliphatic hydroxyl groups excluding tert-OH is 1. The smallest absolute Gasteiger partial charge is 0.231 e. The van der Waals surface area contributed by atoms with E-state index >= 15 is 0 Å². The van der Waals surface area contributed by atoms with Gasteiger partial charge in [-0.15, -0.1) is 5.10 Å². The summed E-state index contributed by atoms with van der Waals surface area (Å²) < 4.78 is 1.53. The normalized spacial score (nSPS) is 21.9. The number of carbonyl (C=O) groups excluding carboxylic acids is 2. The molecular formula is C15H16N4O3. The Morgan fingerprint density at radius 3 is 2.59 bits per heavy atom. The van der Waals surface area contributed by atoms with E-state index in [2.05, 4.69) is 15.6 Å². The number of aromatic nitrogens is 3. The van der Waals surface area contributed by atoms with Gasteiger partial charge in [-0.25, -0.2) is 4.68 Å². The van der Waals surface area contributed by atoms with Crippen molar-refractivity contribution in [1.82, 2.24) is 20.3 Å². The molecule has 22 heavy (non-hydrogen) atoms. The minimum atomic E-state index is -0.749. The molecule has 1 aliphatic rings.